The third kappa shape index (κ3) is 27.0. The van der Waals surface area contributed by atoms with Crippen molar-refractivity contribution >= 4 is 67.5 Å². The van der Waals surface area contributed by atoms with Gasteiger partial charge in [0, 0.05) is 190 Å². The molecule has 4 fully saturated rings. The molecule has 134 heavy (non-hydrogen) atoms. The number of hydrogen-bond donors (Lipinski definition) is 1. The van der Waals surface area contributed by atoms with Gasteiger partial charge in [-0.15, -0.1) is 0 Å². The van der Waals surface area contributed by atoms with Crippen LogP contribution in [0.2, 0.25) is 0 Å². The molecule has 1 N–H and O–H groups in total. The molecule has 4 aliphatic rings. The van der Waals surface area contributed by atoms with Crippen LogP contribution in [0.4, 0.5) is 13.2 Å². The topological polar surface area (TPSA) is 276 Å². The Labute approximate surface area is 790 Å². The molecule has 0 bridgehead atoms. The molecule has 4 aliphatic heterocycles. The van der Waals surface area contributed by atoms with Crippen molar-refractivity contribution in [2.24, 2.45) is 28.2 Å². The SMILES string of the molecule is C.C.C.C.C1CCNCC1.C=C(c1c(C)c(C(=O)OC(C)C)cc2cc(-c3nccn3C)cn12)N1CCCCC1.CCOC(=O)c1cc2cc(-c3nccn3C)cn2c(C(C)=O)c1C.CS(=O)(=O)OCC(F)(F)F.Cc1c(C(=O)OC(C)C)cc2cc(-c3nccn3C)cn2c1C(C)N1CCCCC1.Cc1c(C(=O)OC(C)C)cc2cc(-c3nccn3C)cn2c1C(C)N1CCCCC1. The summed E-state index contributed by atoms with van der Waals surface area (Å²) in [5, 5.41) is 3.28. The third-order valence-electron chi connectivity index (χ3n) is 23.8. The summed E-state index contributed by atoms with van der Waals surface area (Å²) >= 11 is 0. The number of halogens is 3. The van der Waals surface area contributed by atoms with Gasteiger partial charge in [0.05, 0.1) is 70.5 Å². The lowest BCUT2D eigenvalue weighted by molar-refractivity contribution is -0.152. The van der Waals surface area contributed by atoms with E-state index in [0.717, 1.165) is 146 Å². The predicted octanol–water partition coefficient (Wildman–Crippen LogP) is 21.0. The number of ether oxygens (including phenoxy) is 4. The third-order valence-corrected chi connectivity index (χ3v) is 24.4. The van der Waals surface area contributed by atoms with Crippen LogP contribution in [-0.4, -0.2) is 205 Å². The predicted molar refractivity (Wildman–Crippen MR) is 528 cm³/mol. The van der Waals surface area contributed by atoms with E-state index in [1.54, 1.807) is 32.3 Å². The van der Waals surface area contributed by atoms with Gasteiger partial charge >= 0.3 is 30.1 Å². The number of piperidine rings is 4. The van der Waals surface area contributed by atoms with Crippen LogP contribution in [0.3, 0.4) is 0 Å². The lowest BCUT2D eigenvalue weighted by Gasteiger charge is -2.34. The first-order valence-electron chi connectivity index (χ1n) is 45.1. The van der Waals surface area contributed by atoms with E-state index in [-0.39, 0.29) is 83.8 Å². The summed E-state index contributed by atoms with van der Waals surface area (Å²) < 4.78 is 95.1. The van der Waals surface area contributed by atoms with Gasteiger partial charge in [0.25, 0.3) is 10.1 Å². The highest BCUT2D eigenvalue weighted by Crippen LogP contribution is 2.38. The van der Waals surface area contributed by atoms with Crippen molar-refractivity contribution in [3.05, 3.63) is 197 Å². The first-order chi connectivity index (χ1) is 61.7. The maximum absolute atomic E-state index is 12.9. The van der Waals surface area contributed by atoms with Crippen LogP contribution < -0.4 is 5.32 Å². The first kappa shape index (κ1) is 110. The number of nitrogens with zero attached hydrogens (tertiary/aromatic N) is 15. The molecule has 32 heteroatoms. The molecule has 0 radical (unpaired) electrons. The average Bonchev–Trinajstić information content (AvgIpc) is 1.71. The Morgan fingerprint density at radius 3 is 1.01 bits per heavy atom. The smallest absolute Gasteiger partial charge is 0.413 e. The number of imidazole rings is 4. The van der Waals surface area contributed by atoms with Gasteiger partial charge in [-0.2, -0.15) is 21.6 Å². The maximum Gasteiger partial charge on any atom is 0.413 e. The Morgan fingerprint density at radius 2 is 0.739 bits per heavy atom. The molecule has 16 rings (SSSR count). The van der Waals surface area contributed by atoms with Crippen molar-refractivity contribution in [1.82, 2.24) is 75.8 Å². The Balaban J connectivity index is 0.000000229. The van der Waals surface area contributed by atoms with Crippen molar-refractivity contribution in [2.75, 3.05) is 71.8 Å². The molecule has 0 aromatic carbocycles. The minimum Gasteiger partial charge on any atom is -0.462 e. The molecule has 2 unspecified atom stereocenters. The zero-order valence-electron chi connectivity index (χ0n) is 78.8. The fraction of sp³-hybridized carbons (Fsp3) is 0.500. The second kappa shape index (κ2) is 48.6. The zero-order chi connectivity index (χ0) is 94.3. The summed E-state index contributed by atoms with van der Waals surface area (Å²) in [6, 6.07) is 16.2. The molecule has 0 spiro atoms. The van der Waals surface area contributed by atoms with Crippen LogP contribution in [0.15, 0.2) is 129 Å². The number of pyridine rings is 4. The van der Waals surface area contributed by atoms with Gasteiger partial charge in [0.1, 0.15) is 23.3 Å². The Bertz CT molecular complexity index is 5910. The van der Waals surface area contributed by atoms with Gasteiger partial charge in [0.15, 0.2) is 12.4 Å². The Kier molecular flexibility index (Phi) is 39.8. The number of carbonyl (C=O) groups is 5. The molecule has 4 saturated heterocycles. The van der Waals surface area contributed by atoms with Gasteiger partial charge in [-0.05, 0) is 258 Å². The number of esters is 4. The highest BCUT2D eigenvalue weighted by molar-refractivity contribution is 7.86. The number of alkyl halides is 3. The van der Waals surface area contributed by atoms with E-state index in [1.165, 1.54) is 97.1 Å². The van der Waals surface area contributed by atoms with Gasteiger partial charge in [-0.25, -0.2) is 39.1 Å². The zero-order valence-corrected chi connectivity index (χ0v) is 79.7. The van der Waals surface area contributed by atoms with E-state index < -0.39 is 28.9 Å². The van der Waals surface area contributed by atoms with Crippen molar-refractivity contribution in [2.45, 2.75) is 240 Å². The van der Waals surface area contributed by atoms with Crippen LogP contribution in [0.5, 0.6) is 0 Å². The number of ketones is 1. The molecule has 28 nitrogen and oxygen atoms in total. The molecule has 2 atom stereocenters. The molecule has 732 valence electrons. The minimum absolute atomic E-state index is 0. The highest BCUT2D eigenvalue weighted by atomic mass is 32.2. The van der Waals surface area contributed by atoms with E-state index in [4.69, 9.17) is 18.9 Å². The second-order valence-corrected chi connectivity index (χ2v) is 36.5. The molecular formula is C102H145F3N16O12S. The fourth-order valence-electron chi connectivity index (χ4n) is 17.5. The number of likely N-dealkylation sites (tertiary alicyclic amines) is 3. The molecule has 12 aromatic rings. The van der Waals surface area contributed by atoms with Crippen LogP contribution in [-0.2, 0) is 61.4 Å². The van der Waals surface area contributed by atoms with Crippen molar-refractivity contribution in [3.63, 3.8) is 0 Å². The number of rotatable bonds is 21. The summed E-state index contributed by atoms with van der Waals surface area (Å²) in [6.07, 6.45) is 33.9. The van der Waals surface area contributed by atoms with Crippen LogP contribution in [0.25, 0.3) is 73.3 Å². The molecule has 0 amide bonds. The average molecular weight is 1880 g/mol. The summed E-state index contributed by atoms with van der Waals surface area (Å²) in [7, 11) is 3.91. The maximum atomic E-state index is 12.9. The highest BCUT2D eigenvalue weighted by Gasteiger charge is 2.33. The van der Waals surface area contributed by atoms with Crippen molar-refractivity contribution < 1.29 is 68.7 Å². The lowest BCUT2D eigenvalue weighted by atomic mass is 9.99. The molecule has 0 aliphatic carbocycles. The minimum atomic E-state index is -4.59. The summed E-state index contributed by atoms with van der Waals surface area (Å²) in [4.78, 5) is 88.3. The van der Waals surface area contributed by atoms with Gasteiger partial charge in [0.2, 0.25) is 0 Å². The second-order valence-electron chi connectivity index (χ2n) is 34.8. The number of aryl methyl sites for hydroxylation is 4. The normalized spacial score (nSPS) is 14.6. The van der Waals surface area contributed by atoms with E-state index >= 15 is 0 Å². The Hall–Kier alpha value is -11.5. The standard InChI is InChI=1S/2C24H32N4O2.C24H30N4O2.C18H19N3O3.C5H11N.C3H5F3O3S.4CH4/c3*1-16(2)30-24(29)21-14-20-13-19(23-25-9-12-26(23)5)15-28(20)22(17(21)3)18(4)27-10-7-6-8-11-27;1-5-24-18(23)15-9-14-8-13(17-19-6-7-20(17)4)10-21(14)16(11(15)2)12(3)22;1-2-4-6-5-3-1;1-10(7,8)9-2-3(4,5)6;;;;/h2*9,12-16,18H,6-8,10-11H2,1-5H3;9,12-16H,4,6-8,10-11H2,1-3,5H3;6-10H,5H2,1-4H3;6H,1-5H2;2H2,1H3;4*1H4. The summed E-state index contributed by atoms with van der Waals surface area (Å²) in [6.45, 7) is 38.7. The number of fused-ring (bicyclic) bond motifs is 4. The fourth-order valence-corrected chi connectivity index (χ4v) is 17.8. The lowest BCUT2D eigenvalue weighted by Crippen LogP contribution is -2.33. The number of nitrogens with one attached hydrogen (secondary N) is 1. The molecule has 16 heterocycles. The molecular weight excluding hydrogens is 1730 g/mol. The van der Waals surface area contributed by atoms with E-state index in [1.807, 2.05) is 181 Å². The Morgan fingerprint density at radius 1 is 0.440 bits per heavy atom. The summed E-state index contributed by atoms with van der Waals surface area (Å²) in [5.74, 6) is 2.19. The van der Waals surface area contributed by atoms with Crippen LogP contribution in [0.1, 0.15) is 279 Å². The number of hydrogen-bond acceptors (Lipinski definition) is 20. The van der Waals surface area contributed by atoms with Crippen LogP contribution >= 0.6 is 0 Å². The van der Waals surface area contributed by atoms with Crippen LogP contribution in [0, 0.1) is 27.7 Å². The number of Topliss-reactive ketones (excluding diaryl/α,β-unsaturated/α-hetero) is 1. The number of aromatic nitrogens is 12. The monoisotopic (exact) mass is 1880 g/mol. The van der Waals surface area contributed by atoms with E-state index in [9.17, 15) is 45.6 Å². The molecule has 12 aromatic heterocycles. The van der Waals surface area contributed by atoms with E-state index in [2.05, 4.69) is 115 Å². The molecule has 0 saturated carbocycles. The van der Waals surface area contributed by atoms with E-state index in [0.29, 0.717) is 46.4 Å². The van der Waals surface area contributed by atoms with Gasteiger partial charge in [-0.1, -0.05) is 55.5 Å². The summed E-state index contributed by atoms with van der Waals surface area (Å²) in [5.41, 5.74) is 18.2. The van der Waals surface area contributed by atoms with Crippen molar-refractivity contribution in [3.8, 4) is 45.6 Å². The number of carbonyl (C=O) groups excluding carboxylic acids is 5. The van der Waals surface area contributed by atoms with Gasteiger partial charge in [-0.3, -0.25) is 18.8 Å². The van der Waals surface area contributed by atoms with Gasteiger partial charge < -0.3 is 65.0 Å². The quantitative estimate of drug-likeness (QED) is 0.0303. The largest absolute Gasteiger partial charge is 0.462 e. The van der Waals surface area contributed by atoms with Crippen molar-refractivity contribution in [1.29, 1.82) is 0 Å². The first-order valence-corrected chi connectivity index (χ1v) is 46.9.